The van der Waals surface area contributed by atoms with Crippen molar-refractivity contribution in [2.45, 2.75) is 6.92 Å². The van der Waals surface area contributed by atoms with Gasteiger partial charge in [-0.1, -0.05) is 37.3 Å². The Kier molecular flexibility index (Phi) is 4.25. The van der Waals surface area contributed by atoms with Crippen LogP contribution in [0.2, 0.25) is 0 Å². The quantitative estimate of drug-likeness (QED) is 0.843. The van der Waals surface area contributed by atoms with Crippen molar-refractivity contribution in [1.29, 1.82) is 0 Å². The van der Waals surface area contributed by atoms with Crippen LogP contribution in [0.25, 0.3) is 11.1 Å². The minimum atomic E-state index is 0.419. The Labute approximate surface area is 107 Å². The zero-order valence-corrected chi connectivity index (χ0v) is 10.5. The van der Waals surface area contributed by atoms with Crippen molar-refractivity contribution in [3.63, 3.8) is 0 Å². The van der Waals surface area contributed by atoms with Crippen LogP contribution in [0.15, 0.2) is 42.7 Å². The van der Waals surface area contributed by atoms with Crippen LogP contribution in [-0.4, -0.2) is 23.1 Å². The maximum atomic E-state index is 5.56. The van der Waals surface area contributed by atoms with Crippen molar-refractivity contribution in [2.75, 3.05) is 18.4 Å². The molecule has 0 aliphatic carbocycles. The normalized spacial score (nSPS) is 12.1. The van der Waals surface area contributed by atoms with Gasteiger partial charge >= 0.3 is 0 Å². The zero-order valence-electron chi connectivity index (χ0n) is 10.5. The average molecular weight is 242 g/mol. The van der Waals surface area contributed by atoms with Crippen LogP contribution in [0.1, 0.15) is 6.92 Å². The number of anilines is 1. The predicted molar refractivity (Wildman–Crippen MR) is 74.2 cm³/mol. The van der Waals surface area contributed by atoms with Gasteiger partial charge in [-0.15, -0.1) is 0 Å². The SMILES string of the molecule is CC(CN)CNc1ncc(-c2ccccc2)cn1. The molecule has 0 aliphatic heterocycles. The lowest BCUT2D eigenvalue weighted by Gasteiger charge is -2.09. The van der Waals surface area contributed by atoms with Crippen LogP contribution in [0, 0.1) is 5.92 Å². The number of hydrogen-bond donors (Lipinski definition) is 2. The minimum absolute atomic E-state index is 0.419. The highest BCUT2D eigenvalue weighted by Crippen LogP contribution is 2.17. The first-order valence-electron chi connectivity index (χ1n) is 6.11. The van der Waals surface area contributed by atoms with E-state index in [1.807, 2.05) is 42.7 Å². The summed E-state index contributed by atoms with van der Waals surface area (Å²) in [5, 5.41) is 3.17. The molecule has 0 bridgehead atoms. The molecule has 94 valence electrons. The largest absolute Gasteiger partial charge is 0.354 e. The summed E-state index contributed by atoms with van der Waals surface area (Å²) in [5.74, 6) is 1.07. The third-order valence-electron chi connectivity index (χ3n) is 2.77. The van der Waals surface area contributed by atoms with E-state index in [0.717, 1.165) is 17.7 Å². The van der Waals surface area contributed by atoms with E-state index in [9.17, 15) is 0 Å². The Morgan fingerprint density at radius 1 is 1.11 bits per heavy atom. The summed E-state index contributed by atoms with van der Waals surface area (Å²) in [6.07, 6.45) is 3.66. The van der Waals surface area contributed by atoms with Crippen LogP contribution in [-0.2, 0) is 0 Å². The first-order valence-corrected chi connectivity index (χ1v) is 6.11. The van der Waals surface area contributed by atoms with Crippen LogP contribution in [0.4, 0.5) is 5.95 Å². The van der Waals surface area contributed by atoms with E-state index >= 15 is 0 Å². The van der Waals surface area contributed by atoms with Crippen molar-refractivity contribution >= 4 is 5.95 Å². The topological polar surface area (TPSA) is 63.8 Å². The summed E-state index contributed by atoms with van der Waals surface area (Å²) in [5.41, 5.74) is 7.70. The van der Waals surface area contributed by atoms with Crippen molar-refractivity contribution < 1.29 is 0 Å². The Bertz CT molecular complexity index is 467. The molecular formula is C14H18N4. The third-order valence-corrected chi connectivity index (χ3v) is 2.77. The molecule has 1 aromatic carbocycles. The van der Waals surface area contributed by atoms with Gasteiger partial charge in [0.15, 0.2) is 0 Å². The highest BCUT2D eigenvalue weighted by Gasteiger charge is 2.02. The molecule has 1 aromatic heterocycles. The molecule has 0 radical (unpaired) electrons. The minimum Gasteiger partial charge on any atom is -0.354 e. The van der Waals surface area contributed by atoms with Gasteiger partial charge in [0, 0.05) is 24.5 Å². The molecule has 1 unspecified atom stereocenters. The lowest BCUT2D eigenvalue weighted by molar-refractivity contribution is 0.625. The van der Waals surface area contributed by atoms with Crippen molar-refractivity contribution in [2.24, 2.45) is 11.7 Å². The number of nitrogens with zero attached hydrogens (tertiary/aromatic N) is 2. The molecule has 0 amide bonds. The van der Waals surface area contributed by atoms with E-state index in [-0.39, 0.29) is 0 Å². The van der Waals surface area contributed by atoms with E-state index in [0.29, 0.717) is 18.4 Å². The van der Waals surface area contributed by atoms with E-state index in [1.54, 1.807) is 0 Å². The number of hydrogen-bond acceptors (Lipinski definition) is 4. The molecule has 0 aliphatic rings. The second-order valence-corrected chi connectivity index (χ2v) is 4.38. The third kappa shape index (κ3) is 3.28. The fraction of sp³-hybridized carbons (Fsp3) is 0.286. The molecule has 2 rings (SSSR count). The fourth-order valence-electron chi connectivity index (χ4n) is 1.55. The lowest BCUT2D eigenvalue weighted by Crippen LogP contribution is -2.20. The summed E-state index contributed by atoms with van der Waals surface area (Å²) in [6.45, 7) is 3.54. The molecule has 0 saturated carbocycles. The zero-order chi connectivity index (χ0) is 12.8. The lowest BCUT2D eigenvalue weighted by atomic mass is 10.1. The first-order chi connectivity index (χ1) is 8.79. The summed E-state index contributed by atoms with van der Waals surface area (Å²) >= 11 is 0. The smallest absolute Gasteiger partial charge is 0.222 e. The second-order valence-electron chi connectivity index (χ2n) is 4.38. The van der Waals surface area contributed by atoms with Crippen molar-refractivity contribution in [3.8, 4) is 11.1 Å². The summed E-state index contributed by atoms with van der Waals surface area (Å²) < 4.78 is 0. The molecule has 1 heterocycles. The summed E-state index contributed by atoms with van der Waals surface area (Å²) in [4.78, 5) is 8.60. The van der Waals surface area contributed by atoms with Gasteiger partial charge in [-0.25, -0.2) is 9.97 Å². The van der Waals surface area contributed by atoms with E-state index in [4.69, 9.17) is 5.73 Å². The monoisotopic (exact) mass is 242 g/mol. The van der Waals surface area contributed by atoms with Gasteiger partial charge in [-0.3, -0.25) is 0 Å². The standard InChI is InChI=1S/C14H18N4/c1-11(7-15)8-16-14-17-9-13(10-18-14)12-5-3-2-4-6-12/h2-6,9-11H,7-8,15H2,1H3,(H,16,17,18). The van der Waals surface area contributed by atoms with Gasteiger partial charge in [0.1, 0.15) is 0 Å². The maximum absolute atomic E-state index is 5.56. The molecule has 4 heteroatoms. The van der Waals surface area contributed by atoms with Gasteiger partial charge in [0.05, 0.1) is 0 Å². The number of benzene rings is 1. The van der Waals surface area contributed by atoms with Crippen LogP contribution < -0.4 is 11.1 Å². The Hall–Kier alpha value is -1.94. The molecular weight excluding hydrogens is 224 g/mol. The van der Waals surface area contributed by atoms with Gasteiger partial charge in [-0.2, -0.15) is 0 Å². The van der Waals surface area contributed by atoms with Crippen LogP contribution in [0.3, 0.4) is 0 Å². The number of rotatable bonds is 5. The van der Waals surface area contributed by atoms with Crippen LogP contribution in [0.5, 0.6) is 0 Å². The van der Waals surface area contributed by atoms with Gasteiger partial charge < -0.3 is 11.1 Å². The molecule has 2 aromatic rings. The number of aromatic nitrogens is 2. The molecule has 0 spiro atoms. The first kappa shape index (κ1) is 12.5. The number of nitrogens with two attached hydrogens (primary N) is 1. The molecule has 0 saturated heterocycles. The Morgan fingerprint density at radius 3 is 2.39 bits per heavy atom. The highest BCUT2D eigenvalue weighted by atomic mass is 15.1. The molecule has 0 fully saturated rings. The fourth-order valence-corrected chi connectivity index (χ4v) is 1.55. The Morgan fingerprint density at radius 2 is 1.78 bits per heavy atom. The average Bonchev–Trinajstić information content (AvgIpc) is 2.46. The maximum Gasteiger partial charge on any atom is 0.222 e. The van der Waals surface area contributed by atoms with Crippen molar-refractivity contribution in [3.05, 3.63) is 42.7 Å². The Balaban J connectivity index is 2.02. The molecule has 3 N–H and O–H groups in total. The second kappa shape index (κ2) is 6.12. The van der Waals surface area contributed by atoms with Crippen molar-refractivity contribution in [1.82, 2.24) is 9.97 Å². The highest BCUT2D eigenvalue weighted by molar-refractivity contribution is 5.61. The molecule has 4 nitrogen and oxygen atoms in total. The number of nitrogens with one attached hydrogen (secondary N) is 1. The summed E-state index contributed by atoms with van der Waals surface area (Å²) in [6, 6.07) is 10.1. The van der Waals surface area contributed by atoms with Gasteiger partial charge in [0.2, 0.25) is 5.95 Å². The molecule has 1 atom stereocenters. The predicted octanol–water partition coefficient (Wildman–Crippen LogP) is 2.15. The molecule has 18 heavy (non-hydrogen) atoms. The van der Waals surface area contributed by atoms with Gasteiger partial charge in [-0.05, 0) is 18.0 Å². The van der Waals surface area contributed by atoms with Crippen LogP contribution >= 0.6 is 0 Å². The van der Waals surface area contributed by atoms with E-state index in [2.05, 4.69) is 22.2 Å². The van der Waals surface area contributed by atoms with Gasteiger partial charge in [0.25, 0.3) is 0 Å². The van der Waals surface area contributed by atoms with E-state index < -0.39 is 0 Å². The summed E-state index contributed by atoms with van der Waals surface area (Å²) in [7, 11) is 0. The van der Waals surface area contributed by atoms with E-state index in [1.165, 1.54) is 0 Å².